The van der Waals surface area contributed by atoms with Gasteiger partial charge in [0.15, 0.2) is 0 Å². The number of fused-ring (bicyclic) bond motifs is 1. The Morgan fingerprint density at radius 2 is 2.00 bits per heavy atom. The molecule has 1 heterocycles. The van der Waals surface area contributed by atoms with E-state index in [9.17, 15) is 4.79 Å². The van der Waals surface area contributed by atoms with Gasteiger partial charge in [-0.1, -0.05) is 42.8 Å². The van der Waals surface area contributed by atoms with E-state index in [1.54, 1.807) is 0 Å². The highest BCUT2D eigenvalue weighted by atomic mass is 32.2. The summed E-state index contributed by atoms with van der Waals surface area (Å²) in [5.41, 5.74) is 4.10. The predicted octanol–water partition coefficient (Wildman–Crippen LogP) is 3.64. The standard InChI is InChI=1S/C20H27N5OS/c1-14(16-11-10-15-6-2-3-7-17(15)12-16)21-19(26)13-27-20-22-23-24-25(20)18-8-4-5-9-18/h10-12,14,18H,2-9,13H2,1H3,(H,21,26)/t14-/m1/s1. The van der Waals surface area contributed by atoms with Gasteiger partial charge in [-0.05, 0) is 72.6 Å². The normalized spacial score (nSPS) is 18.3. The third-order valence-corrected chi connectivity index (χ3v) is 6.65. The van der Waals surface area contributed by atoms with Crippen molar-refractivity contribution in [2.24, 2.45) is 0 Å². The number of carbonyl (C=O) groups excluding carboxylic acids is 1. The number of hydrogen-bond acceptors (Lipinski definition) is 5. The van der Waals surface area contributed by atoms with Crippen LogP contribution in [0.5, 0.6) is 0 Å². The zero-order chi connectivity index (χ0) is 18.6. The van der Waals surface area contributed by atoms with Gasteiger partial charge in [0.25, 0.3) is 0 Å². The molecule has 4 rings (SSSR count). The first-order valence-electron chi connectivity index (χ1n) is 10.0. The molecule has 2 aliphatic rings. The Morgan fingerprint density at radius 1 is 1.22 bits per heavy atom. The van der Waals surface area contributed by atoms with Crippen molar-refractivity contribution in [3.63, 3.8) is 0 Å². The highest BCUT2D eigenvalue weighted by Crippen LogP contribution is 2.31. The Kier molecular flexibility index (Phi) is 5.76. The molecule has 0 bridgehead atoms. The minimum Gasteiger partial charge on any atom is -0.349 e. The molecule has 2 aliphatic carbocycles. The summed E-state index contributed by atoms with van der Waals surface area (Å²) in [4.78, 5) is 12.4. The van der Waals surface area contributed by atoms with Crippen molar-refractivity contribution in [1.82, 2.24) is 25.5 Å². The van der Waals surface area contributed by atoms with Crippen LogP contribution in [0.25, 0.3) is 0 Å². The number of amides is 1. The molecule has 6 nitrogen and oxygen atoms in total. The molecule has 1 aromatic heterocycles. The highest BCUT2D eigenvalue weighted by Gasteiger charge is 2.22. The van der Waals surface area contributed by atoms with Crippen LogP contribution in [0, 0.1) is 0 Å². The van der Waals surface area contributed by atoms with Gasteiger partial charge in [0.1, 0.15) is 0 Å². The van der Waals surface area contributed by atoms with Crippen LogP contribution < -0.4 is 5.32 Å². The fourth-order valence-electron chi connectivity index (χ4n) is 4.18. The minimum absolute atomic E-state index is 0.0103. The first-order valence-corrected chi connectivity index (χ1v) is 11.0. The molecule has 1 amide bonds. The average molecular weight is 386 g/mol. The molecule has 0 spiro atoms. The predicted molar refractivity (Wildman–Crippen MR) is 106 cm³/mol. The number of nitrogens with one attached hydrogen (secondary N) is 1. The number of carbonyl (C=O) groups is 1. The molecular formula is C20H27N5OS. The molecule has 27 heavy (non-hydrogen) atoms. The van der Waals surface area contributed by atoms with Crippen LogP contribution in [-0.4, -0.2) is 31.9 Å². The van der Waals surface area contributed by atoms with Crippen molar-refractivity contribution in [2.75, 3.05) is 5.75 Å². The van der Waals surface area contributed by atoms with Gasteiger partial charge in [-0.3, -0.25) is 4.79 Å². The molecule has 0 unspecified atom stereocenters. The summed E-state index contributed by atoms with van der Waals surface area (Å²) in [6.45, 7) is 2.05. The molecule has 144 valence electrons. The van der Waals surface area contributed by atoms with Gasteiger partial charge in [-0.15, -0.1) is 5.10 Å². The van der Waals surface area contributed by atoms with Gasteiger partial charge >= 0.3 is 0 Å². The lowest BCUT2D eigenvalue weighted by atomic mass is 9.89. The van der Waals surface area contributed by atoms with Gasteiger partial charge in [0.05, 0.1) is 17.8 Å². The summed E-state index contributed by atoms with van der Waals surface area (Å²) in [5, 5.41) is 15.9. The van der Waals surface area contributed by atoms with Crippen molar-refractivity contribution in [1.29, 1.82) is 0 Å². The van der Waals surface area contributed by atoms with E-state index in [1.165, 1.54) is 60.6 Å². The maximum absolute atomic E-state index is 12.4. The second kappa shape index (κ2) is 8.42. The lowest BCUT2D eigenvalue weighted by Crippen LogP contribution is -2.28. The van der Waals surface area contributed by atoms with Crippen LogP contribution in [0.3, 0.4) is 0 Å². The Labute approximate surface area is 164 Å². The zero-order valence-electron chi connectivity index (χ0n) is 15.9. The molecular weight excluding hydrogens is 358 g/mol. The summed E-state index contributed by atoms with van der Waals surface area (Å²) in [6, 6.07) is 7.06. The fraction of sp³-hybridized carbons (Fsp3) is 0.600. The molecule has 1 saturated carbocycles. The van der Waals surface area contributed by atoms with Gasteiger partial charge in [-0.2, -0.15) is 0 Å². The fourth-order valence-corrected chi connectivity index (χ4v) is 4.93. The van der Waals surface area contributed by atoms with Gasteiger partial charge in [0, 0.05) is 0 Å². The average Bonchev–Trinajstić information content (AvgIpc) is 3.37. The number of aryl methyl sites for hydroxylation is 2. The van der Waals surface area contributed by atoms with Crippen molar-refractivity contribution in [2.45, 2.75) is 75.5 Å². The van der Waals surface area contributed by atoms with Crippen LogP contribution >= 0.6 is 11.8 Å². The van der Waals surface area contributed by atoms with Crippen molar-refractivity contribution in [3.8, 4) is 0 Å². The van der Waals surface area contributed by atoms with E-state index in [4.69, 9.17) is 0 Å². The SMILES string of the molecule is C[C@@H](NC(=O)CSc1nnnn1C1CCCC1)c1ccc2c(c1)CCCC2. The molecule has 0 radical (unpaired) electrons. The van der Waals surface area contributed by atoms with Crippen molar-refractivity contribution >= 4 is 17.7 Å². The largest absolute Gasteiger partial charge is 0.349 e. The van der Waals surface area contributed by atoms with Crippen LogP contribution in [-0.2, 0) is 17.6 Å². The number of aromatic nitrogens is 4. The maximum atomic E-state index is 12.4. The molecule has 0 aliphatic heterocycles. The molecule has 1 fully saturated rings. The van der Waals surface area contributed by atoms with Crippen LogP contribution in [0.1, 0.15) is 74.2 Å². The lowest BCUT2D eigenvalue weighted by Gasteiger charge is -2.20. The Hall–Kier alpha value is -1.89. The molecule has 1 aromatic carbocycles. The number of benzene rings is 1. The summed E-state index contributed by atoms with van der Waals surface area (Å²) in [6.07, 6.45) is 9.60. The van der Waals surface area contributed by atoms with E-state index < -0.39 is 0 Å². The minimum atomic E-state index is 0.0103. The first-order chi connectivity index (χ1) is 13.2. The number of rotatable bonds is 6. The van der Waals surface area contributed by atoms with Crippen LogP contribution in [0.15, 0.2) is 23.4 Å². The molecule has 2 aromatic rings. The van der Waals surface area contributed by atoms with E-state index in [0.29, 0.717) is 11.8 Å². The van der Waals surface area contributed by atoms with E-state index in [1.807, 2.05) is 4.68 Å². The Balaban J connectivity index is 1.32. The maximum Gasteiger partial charge on any atom is 0.230 e. The summed E-state index contributed by atoms with van der Waals surface area (Å²) in [5.74, 6) is 0.355. The topological polar surface area (TPSA) is 72.7 Å². The van der Waals surface area contributed by atoms with Crippen molar-refractivity contribution in [3.05, 3.63) is 34.9 Å². The highest BCUT2D eigenvalue weighted by molar-refractivity contribution is 7.99. The van der Waals surface area contributed by atoms with Crippen LogP contribution in [0.4, 0.5) is 0 Å². The van der Waals surface area contributed by atoms with Gasteiger partial charge < -0.3 is 5.32 Å². The third kappa shape index (κ3) is 4.34. The summed E-state index contributed by atoms with van der Waals surface area (Å²) < 4.78 is 1.90. The molecule has 0 saturated heterocycles. The Morgan fingerprint density at radius 3 is 2.81 bits per heavy atom. The molecule has 1 atom stereocenters. The van der Waals surface area contributed by atoms with Crippen molar-refractivity contribution < 1.29 is 4.79 Å². The summed E-state index contributed by atoms with van der Waals surface area (Å²) >= 11 is 1.42. The van der Waals surface area contributed by atoms with E-state index in [-0.39, 0.29) is 11.9 Å². The second-order valence-electron chi connectivity index (χ2n) is 7.66. The monoisotopic (exact) mass is 385 g/mol. The number of tetrazole rings is 1. The zero-order valence-corrected chi connectivity index (χ0v) is 16.7. The summed E-state index contributed by atoms with van der Waals surface area (Å²) in [7, 11) is 0. The van der Waals surface area contributed by atoms with E-state index in [0.717, 1.165) is 24.4 Å². The Bertz CT molecular complexity index is 799. The number of thioether (sulfide) groups is 1. The first kappa shape index (κ1) is 18.5. The second-order valence-corrected chi connectivity index (χ2v) is 8.60. The van der Waals surface area contributed by atoms with Gasteiger partial charge in [0.2, 0.25) is 11.1 Å². The quantitative estimate of drug-likeness (QED) is 0.769. The molecule has 7 heteroatoms. The number of hydrogen-bond donors (Lipinski definition) is 1. The number of nitrogens with zero attached hydrogens (tertiary/aromatic N) is 4. The van der Waals surface area contributed by atoms with E-state index in [2.05, 4.69) is 46.0 Å². The van der Waals surface area contributed by atoms with Gasteiger partial charge in [-0.25, -0.2) is 4.68 Å². The third-order valence-electron chi connectivity index (χ3n) is 5.72. The van der Waals surface area contributed by atoms with E-state index >= 15 is 0 Å². The molecule has 1 N–H and O–H groups in total. The van der Waals surface area contributed by atoms with Crippen LogP contribution in [0.2, 0.25) is 0 Å². The smallest absolute Gasteiger partial charge is 0.230 e. The lowest BCUT2D eigenvalue weighted by molar-refractivity contribution is -0.119.